The molecule has 3 heterocycles. The number of nitrogens with zero attached hydrogens (tertiary/aromatic N) is 3. The highest BCUT2D eigenvalue weighted by Gasteiger charge is 2.27. The Morgan fingerprint density at radius 1 is 1.23 bits per heavy atom. The van der Waals surface area contributed by atoms with Crippen LogP contribution in [0.1, 0.15) is 22.4 Å². The van der Waals surface area contributed by atoms with Gasteiger partial charge < -0.3 is 9.84 Å². The number of pyridine rings is 1. The first-order valence-electron chi connectivity index (χ1n) is 8.08. The van der Waals surface area contributed by atoms with E-state index in [1.165, 1.54) is 11.8 Å². The summed E-state index contributed by atoms with van der Waals surface area (Å²) in [5.41, 5.74) is 4.16. The third-order valence-electron chi connectivity index (χ3n) is 4.37. The van der Waals surface area contributed by atoms with Crippen LogP contribution >= 0.6 is 23.4 Å². The van der Waals surface area contributed by atoms with Gasteiger partial charge in [-0.05, 0) is 25.3 Å². The van der Waals surface area contributed by atoms with E-state index >= 15 is 0 Å². The van der Waals surface area contributed by atoms with Crippen molar-refractivity contribution in [2.45, 2.75) is 25.0 Å². The lowest BCUT2D eigenvalue weighted by molar-refractivity contribution is 0.278. The van der Waals surface area contributed by atoms with Crippen molar-refractivity contribution in [2.75, 3.05) is 6.26 Å². The zero-order valence-corrected chi connectivity index (χ0v) is 15.9. The van der Waals surface area contributed by atoms with Crippen LogP contribution in [0.25, 0.3) is 11.4 Å². The van der Waals surface area contributed by atoms with Gasteiger partial charge in [-0.2, -0.15) is 4.98 Å². The maximum atomic E-state index is 9.64. The molecule has 4 rings (SSSR count). The van der Waals surface area contributed by atoms with Gasteiger partial charge >= 0.3 is 0 Å². The van der Waals surface area contributed by atoms with Crippen LogP contribution in [0.5, 0.6) is 11.6 Å². The average Bonchev–Trinajstić information content (AvgIpc) is 2.67. The van der Waals surface area contributed by atoms with E-state index in [9.17, 15) is 5.11 Å². The number of rotatable bonds is 3. The predicted octanol–water partition coefficient (Wildman–Crippen LogP) is 4.41. The molecule has 0 amide bonds. The smallest absolute Gasteiger partial charge is 0.227 e. The number of hydrogen-bond donors (Lipinski definition) is 1. The summed E-state index contributed by atoms with van der Waals surface area (Å²) < 4.78 is 6.11. The van der Waals surface area contributed by atoms with Gasteiger partial charge in [0.2, 0.25) is 5.88 Å². The van der Waals surface area contributed by atoms with Crippen LogP contribution in [0.15, 0.2) is 35.5 Å². The molecule has 132 valence electrons. The molecule has 0 saturated carbocycles. The van der Waals surface area contributed by atoms with E-state index < -0.39 is 0 Å². The van der Waals surface area contributed by atoms with Crippen molar-refractivity contribution < 1.29 is 9.84 Å². The van der Waals surface area contributed by atoms with Crippen LogP contribution in [0.2, 0.25) is 5.02 Å². The summed E-state index contributed by atoms with van der Waals surface area (Å²) in [5, 5.41) is 11.1. The van der Waals surface area contributed by atoms with Crippen molar-refractivity contribution in [3.8, 4) is 23.0 Å². The summed E-state index contributed by atoms with van der Waals surface area (Å²) in [6.45, 7) is 1.80. The Hall–Kier alpha value is -2.15. The first kappa shape index (κ1) is 17.3. The van der Waals surface area contributed by atoms with E-state index in [1.54, 1.807) is 6.20 Å². The SMILES string of the molecule is CSc1nc(-c2ccccc2Cl)nc2c1Cc1c(CO)cnc(C)c1O2. The molecule has 0 saturated heterocycles. The van der Waals surface area contributed by atoms with Gasteiger partial charge in [0.15, 0.2) is 11.6 Å². The normalized spacial score (nSPS) is 12.3. The van der Waals surface area contributed by atoms with Gasteiger partial charge in [-0.1, -0.05) is 23.7 Å². The molecule has 2 aromatic heterocycles. The van der Waals surface area contributed by atoms with Crippen molar-refractivity contribution in [1.29, 1.82) is 0 Å². The molecule has 26 heavy (non-hydrogen) atoms. The Morgan fingerprint density at radius 2 is 2.04 bits per heavy atom. The number of aromatic nitrogens is 3. The van der Waals surface area contributed by atoms with E-state index in [4.69, 9.17) is 21.3 Å². The van der Waals surface area contributed by atoms with Crippen molar-refractivity contribution in [3.05, 3.63) is 57.9 Å². The maximum absolute atomic E-state index is 9.64. The lowest BCUT2D eigenvalue weighted by atomic mass is 9.99. The number of aliphatic hydroxyl groups is 1. The zero-order chi connectivity index (χ0) is 18.3. The average molecular weight is 386 g/mol. The standard InChI is InChI=1S/C19H16ClN3O2S/c1-10-16-13(11(9-24)8-21-10)7-14-18(25-16)22-17(23-19(14)26-2)12-5-3-4-6-15(12)20/h3-6,8,24H,7,9H2,1-2H3. The number of aryl methyl sites for hydroxylation is 1. The molecule has 1 aromatic carbocycles. The highest BCUT2D eigenvalue weighted by Crippen LogP contribution is 2.42. The maximum Gasteiger partial charge on any atom is 0.227 e. The van der Waals surface area contributed by atoms with Gasteiger partial charge in [-0.3, -0.25) is 4.98 Å². The monoisotopic (exact) mass is 385 g/mol. The van der Waals surface area contributed by atoms with Crippen LogP contribution in [-0.2, 0) is 13.0 Å². The van der Waals surface area contributed by atoms with Gasteiger partial charge in [0, 0.05) is 29.3 Å². The van der Waals surface area contributed by atoms with Crippen molar-refractivity contribution >= 4 is 23.4 Å². The van der Waals surface area contributed by atoms with Gasteiger partial charge in [-0.25, -0.2) is 4.98 Å². The molecular formula is C19H16ClN3O2S. The summed E-state index contributed by atoms with van der Waals surface area (Å²) in [4.78, 5) is 13.6. The number of fused-ring (bicyclic) bond motifs is 2. The molecule has 1 aliphatic heterocycles. The third-order valence-corrected chi connectivity index (χ3v) is 5.42. The molecular weight excluding hydrogens is 370 g/mol. The van der Waals surface area contributed by atoms with E-state index in [2.05, 4.69) is 9.97 Å². The molecule has 3 aromatic rings. The second-order valence-corrected chi connectivity index (χ2v) is 7.14. The summed E-state index contributed by atoms with van der Waals surface area (Å²) >= 11 is 7.86. The number of ether oxygens (including phenoxy) is 1. The van der Waals surface area contributed by atoms with Crippen LogP contribution in [0, 0.1) is 6.92 Å². The minimum atomic E-state index is -0.0819. The second kappa shape index (κ2) is 6.87. The highest BCUT2D eigenvalue weighted by molar-refractivity contribution is 7.98. The summed E-state index contributed by atoms with van der Waals surface area (Å²) in [6.07, 6.45) is 4.27. The molecule has 0 fully saturated rings. The Bertz CT molecular complexity index is 1010. The Morgan fingerprint density at radius 3 is 2.77 bits per heavy atom. The summed E-state index contributed by atoms with van der Waals surface area (Å²) in [7, 11) is 0. The van der Waals surface area contributed by atoms with Crippen LogP contribution in [0.4, 0.5) is 0 Å². The van der Waals surface area contributed by atoms with E-state index in [1.807, 2.05) is 37.4 Å². The highest BCUT2D eigenvalue weighted by atomic mass is 35.5. The summed E-state index contributed by atoms with van der Waals surface area (Å²) in [5.74, 6) is 1.72. The molecule has 0 radical (unpaired) electrons. The van der Waals surface area contributed by atoms with Crippen LogP contribution in [0.3, 0.4) is 0 Å². The van der Waals surface area contributed by atoms with Gasteiger partial charge in [0.1, 0.15) is 5.03 Å². The third kappa shape index (κ3) is 2.84. The molecule has 0 atom stereocenters. The number of halogens is 1. The quantitative estimate of drug-likeness (QED) is 0.416. The van der Waals surface area contributed by atoms with E-state index in [0.29, 0.717) is 28.9 Å². The Kier molecular flexibility index (Phi) is 4.56. The van der Waals surface area contributed by atoms with Gasteiger partial charge in [0.25, 0.3) is 0 Å². The fraction of sp³-hybridized carbons (Fsp3) is 0.211. The molecule has 5 nitrogen and oxygen atoms in total. The first-order valence-corrected chi connectivity index (χ1v) is 9.68. The zero-order valence-electron chi connectivity index (χ0n) is 14.3. The predicted molar refractivity (Wildman–Crippen MR) is 102 cm³/mol. The van der Waals surface area contributed by atoms with Crippen molar-refractivity contribution in [3.63, 3.8) is 0 Å². The van der Waals surface area contributed by atoms with Crippen molar-refractivity contribution in [1.82, 2.24) is 15.0 Å². The number of hydrogen-bond acceptors (Lipinski definition) is 6. The number of benzene rings is 1. The van der Waals surface area contributed by atoms with E-state index in [-0.39, 0.29) is 6.61 Å². The molecule has 1 aliphatic rings. The minimum Gasteiger partial charge on any atom is -0.436 e. The van der Waals surface area contributed by atoms with Crippen LogP contribution < -0.4 is 4.74 Å². The molecule has 1 N–H and O–H groups in total. The number of thioether (sulfide) groups is 1. The molecule has 0 unspecified atom stereocenters. The van der Waals surface area contributed by atoms with E-state index in [0.717, 1.165) is 33.0 Å². The Balaban J connectivity index is 1.88. The molecule has 0 aliphatic carbocycles. The lowest BCUT2D eigenvalue weighted by Gasteiger charge is -2.24. The summed E-state index contributed by atoms with van der Waals surface area (Å²) in [6, 6.07) is 7.48. The van der Waals surface area contributed by atoms with Crippen molar-refractivity contribution in [2.24, 2.45) is 0 Å². The first-order chi connectivity index (χ1) is 12.6. The molecule has 0 spiro atoms. The second-order valence-electron chi connectivity index (χ2n) is 5.93. The minimum absolute atomic E-state index is 0.0819. The fourth-order valence-electron chi connectivity index (χ4n) is 3.03. The number of aliphatic hydroxyl groups excluding tert-OH is 1. The topological polar surface area (TPSA) is 68.1 Å². The molecule has 7 heteroatoms. The Labute approximate surface area is 160 Å². The molecule has 0 bridgehead atoms. The van der Waals surface area contributed by atoms with Crippen LogP contribution in [-0.4, -0.2) is 26.3 Å². The van der Waals surface area contributed by atoms with Gasteiger partial charge in [-0.15, -0.1) is 11.8 Å². The largest absolute Gasteiger partial charge is 0.436 e. The lowest BCUT2D eigenvalue weighted by Crippen LogP contribution is -2.13. The fourth-order valence-corrected chi connectivity index (χ4v) is 3.83. The van der Waals surface area contributed by atoms with Gasteiger partial charge in [0.05, 0.1) is 22.9 Å².